The summed E-state index contributed by atoms with van der Waals surface area (Å²) in [5, 5.41) is 2.78. The highest BCUT2D eigenvalue weighted by Crippen LogP contribution is 2.31. The Kier molecular flexibility index (Phi) is 5.41. The number of nitrogens with one attached hydrogen (secondary N) is 1. The van der Waals surface area contributed by atoms with Gasteiger partial charge in [-0.2, -0.15) is 0 Å². The van der Waals surface area contributed by atoms with Crippen LogP contribution in [0, 0.1) is 0 Å². The van der Waals surface area contributed by atoms with Gasteiger partial charge < -0.3 is 15.8 Å². The number of amides is 1. The van der Waals surface area contributed by atoms with Gasteiger partial charge in [-0.1, -0.05) is 0 Å². The van der Waals surface area contributed by atoms with Crippen molar-refractivity contribution in [2.24, 2.45) is 5.73 Å². The molecule has 1 aliphatic carbocycles. The van der Waals surface area contributed by atoms with Crippen molar-refractivity contribution >= 4 is 11.9 Å². The van der Waals surface area contributed by atoms with Gasteiger partial charge in [-0.05, 0) is 32.6 Å². The van der Waals surface area contributed by atoms with Gasteiger partial charge in [0.15, 0.2) is 0 Å². The maximum absolute atomic E-state index is 11.5. The van der Waals surface area contributed by atoms with E-state index in [4.69, 9.17) is 10.5 Å². The molecule has 0 atom stereocenters. The maximum Gasteiger partial charge on any atom is 0.305 e. The number of hydrogen-bond donors (Lipinski definition) is 2. The topological polar surface area (TPSA) is 81.4 Å². The van der Waals surface area contributed by atoms with Crippen LogP contribution < -0.4 is 11.1 Å². The molecule has 1 amide bonds. The highest BCUT2D eigenvalue weighted by Gasteiger charge is 2.34. The molecule has 0 heterocycles. The van der Waals surface area contributed by atoms with E-state index < -0.39 is 0 Å². The summed E-state index contributed by atoms with van der Waals surface area (Å²) >= 11 is 0. The SMILES string of the molecule is CCOC(=O)CCCNC(=O)CC1(N)CCC1. The second-order valence-corrected chi connectivity index (χ2v) is 4.65. The van der Waals surface area contributed by atoms with Gasteiger partial charge in [-0.25, -0.2) is 0 Å². The lowest BCUT2D eigenvalue weighted by Gasteiger charge is -2.37. The quantitative estimate of drug-likeness (QED) is 0.509. The zero-order valence-corrected chi connectivity index (χ0v) is 10.5. The number of ether oxygens (including phenoxy) is 1. The second kappa shape index (κ2) is 6.59. The molecule has 98 valence electrons. The van der Waals surface area contributed by atoms with Crippen molar-refractivity contribution in [2.75, 3.05) is 13.2 Å². The zero-order valence-electron chi connectivity index (χ0n) is 10.5. The third-order valence-electron chi connectivity index (χ3n) is 3.05. The largest absolute Gasteiger partial charge is 0.466 e. The van der Waals surface area contributed by atoms with Gasteiger partial charge in [-0.3, -0.25) is 9.59 Å². The van der Waals surface area contributed by atoms with Crippen molar-refractivity contribution in [3.05, 3.63) is 0 Å². The number of carbonyl (C=O) groups excluding carboxylic acids is 2. The molecule has 0 spiro atoms. The smallest absolute Gasteiger partial charge is 0.305 e. The first-order valence-corrected chi connectivity index (χ1v) is 6.27. The lowest BCUT2D eigenvalue weighted by molar-refractivity contribution is -0.143. The van der Waals surface area contributed by atoms with Gasteiger partial charge in [0.25, 0.3) is 0 Å². The third-order valence-corrected chi connectivity index (χ3v) is 3.05. The van der Waals surface area contributed by atoms with Crippen molar-refractivity contribution in [1.29, 1.82) is 0 Å². The minimum Gasteiger partial charge on any atom is -0.466 e. The van der Waals surface area contributed by atoms with E-state index in [1.807, 2.05) is 0 Å². The number of hydrogen-bond acceptors (Lipinski definition) is 4. The molecular weight excluding hydrogens is 220 g/mol. The lowest BCUT2D eigenvalue weighted by atomic mass is 9.75. The zero-order chi connectivity index (χ0) is 12.7. The molecular formula is C12H22N2O3. The molecule has 17 heavy (non-hydrogen) atoms. The maximum atomic E-state index is 11.5. The van der Waals surface area contributed by atoms with Crippen LogP contribution in [0.5, 0.6) is 0 Å². The summed E-state index contributed by atoms with van der Waals surface area (Å²) < 4.78 is 4.78. The average molecular weight is 242 g/mol. The highest BCUT2D eigenvalue weighted by atomic mass is 16.5. The molecule has 5 nitrogen and oxygen atoms in total. The van der Waals surface area contributed by atoms with Crippen LogP contribution in [0.2, 0.25) is 0 Å². The summed E-state index contributed by atoms with van der Waals surface area (Å²) in [4.78, 5) is 22.5. The van der Waals surface area contributed by atoms with Crippen molar-refractivity contribution in [1.82, 2.24) is 5.32 Å². The van der Waals surface area contributed by atoms with Crippen LogP contribution in [-0.4, -0.2) is 30.6 Å². The Morgan fingerprint density at radius 3 is 2.65 bits per heavy atom. The number of rotatable bonds is 7. The molecule has 0 bridgehead atoms. The van der Waals surface area contributed by atoms with E-state index >= 15 is 0 Å². The molecule has 0 aromatic rings. The van der Waals surface area contributed by atoms with Gasteiger partial charge in [-0.15, -0.1) is 0 Å². The van der Waals surface area contributed by atoms with Crippen molar-refractivity contribution < 1.29 is 14.3 Å². The van der Waals surface area contributed by atoms with E-state index in [0.717, 1.165) is 19.3 Å². The van der Waals surface area contributed by atoms with Crippen molar-refractivity contribution in [3.63, 3.8) is 0 Å². The standard InChI is InChI=1S/C12H22N2O3/c1-2-17-11(16)5-3-8-14-10(15)9-12(13)6-4-7-12/h2-9,13H2,1H3,(H,14,15). The monoisotopic (exact) mass is 242 g/mol. The van der Waals surface area contributed by atoms with Crippen LogP contribution in [-0.2, 0) is 14.3 Å². The molecule has 1 rings (SSSR count). The molecule has 0 saturated heterocycles. The fraction of sp³-hybridized carbons (Fsp3) is 0.833. The lowest BCUT2D eigenvalue weighted by Crippen LogP contribution is -2.50. The Morgan fingerprint density at radius 2 is 2.12 bits per heavy atom. The summed E-state index contributed by atoms with van der Waals surface area (Å²) in [6, 6.07) is 0. The number of carbonyl (C=O) groups is 2. The second-order valence-electron chi connectivity index (χ2n) is 4.65. The molecule has 0 unspecified atom stereocenters. The molecule has 0 radical (unpaired) electrons. The van der Waals surface area contributed by atoms with E-state index in [0.29, 0.717) is 32.4 Å². The van der Waals surface area contributed by atoms with Gasteiger partial charge in [0.2, 0.25) is 5.91 Å². The normalized spacial score (nSPS) is 17.1. The first-order valence-electron chi connectivity index (χ1n) is 6.27. The van der Waals surface area contributed by atoms with Gasteiger partial charge in [0, 0.05) is 24.9 Å². The van der Waals surface area contributed by atoms with Crippen LogP contribution in [0.25, 0.3) is 0 Å². The third kappa shape index (κ3) is 5.17. The average Bonchev–Trinajstić information content (AvgIpc) is 2.23. The fourth-order valence-electron chi connectivity index (χ4n) is 1.88. The Hall–Kier alpha value is -1.10. The van der Waals surface area contributed by atoms with E-state index in [-0.39, 0.29) is 17.4 Å². The van der Waals surface area contributed by atoms with Crippen LogP contribution >= 0.6 is 0 Å². The number of nitrogens with two attached hydrogens (primary N) is 1. The van der Waals surface area contributed by atoms with E-state index in [9.17, 15) is 9.59 Å². The van der Waals surface area contributed by atoms with Crippen LogP contribution in [0.4, 0.5) is 0 Å². The molecule has 1 fully saturated rings. The summed E-state index contributed by atoms with van der Waals surface area (Å²) in [7, 11) is 0. The summed E-state index contributed by atoms with van der Waals surface area (Å²) in [6.45, 7) is 2.69. The molecule has 0 aromatic heterocycles. The van der Waals surface area contributed by atoms with Gasteiger partial charge in [0.1, 0.15) is 0 Å². The predicted octanol–water partition coefficient (Wildman–Crippen LogP) is 0.717. The summed E-state index contributed by atoms with van der Waals surface area (Å²) in [6.07, 6.45) is 4.34. The van der Waals surface area contributed by atoms with Crippen LogP contribution in [0.1, 0.15) is 45.4 Å². The molecule has 1 aliphatic rings. The van der Waals surface area contributed by atoms with E-state index in [1.165, 1.54) is 0 Å². The number of esters is 1. The van der Waals surface area contributed by atoms with Gasteiger partial charge >= 0.3 is 5.97 Å². The summed E-state index contributed by atoms with van der Waals surface area (Å²) in [5.74, 6) is -0.230. The van der Waals surface area contributed by atoms with Crippen LogP contribution in [0.3, 0.4) is 0 Å². The predicted molar refractivity (Wildman–Crippen MR) is 64.3 cm³/mol. The first-order chi connectivity index (χ1) is 8.06. The van der Waals surface area contributed by atoms with E-state index in [2.05, 4.69) is 5.32 Å². The molecule has 0 aliphatic heterocycles. The minimum absolute atomic E-state index is 0.0175. The van der Waals surface area contributed by atoms with E-state index in [1.54, 1.807) is 6.92 Å². The van der Waals surface area contributed by atoms with Gasteiger partial charge in [0.05, 0.1) is 6.61 Å². The van der Waals surface area contributed by atoms with Crippen molar-refractivity contribution in [3.8, 4) is 0 Å². The summed E-state index contributed by atoms with van der Waals surface area (Å²) in [5.41, 5.74) is 5.69. The Labute approximate surface area is 102 Å². The Morgan fingerprint density at radius 1 is 1.41 bits per heavy atom. The first kappa shape index (κ1) is 14.0. The molecule has 1 saturated carbocycles. The fourth-order valence-corrected chi connectivity index (χ4v) is 1.88. The molecule has 0 aromatic carbocycles. The van der Waals surface area contributed by atoms with Crippen LogP contribution in [0.15, 0.2) is 0 Å². The van der Waals surface area contributed by atoms with Crippen molar-refractivity contribution in [2.45, 2.75) is 51.0 Å². The molecule has 3 N–H and O–H groups in total. The Bertz CT molecular complexity index is 275. The molecule has 5 heteroatoms. The minimum atomic E-state index is -0.273. The highest BCUT2D eigenvalue weighted by molar-refractivity contribution is 5.77. The Balaban J connectivity index is 2.02.